The van der Waals surface area contributed by atoms with Crippen molar-refractivity contribution in [3.05, 3.63) is 59.2 Å². The van der Waals surface area contributed by atoms with Gasteiger partial charge in [0.15, 0.2) is 0 Å². The summed E-state index contributed by atoms with van der Waals surface area (Å²) in [6.07, 6.45) is 10.3. The third-order valence-electron chi connectivity index (χ3n) is 6.75. The van der Waals surface area contributed by atoms with Gasteiger partial charge in [-0.05, 0) is 78.6 Å². The van der Waals surface area contributed by atoms with Gasteiger partial charge in [0.25, 0.3) is 5.91 Å². The number of carboxylic acids is 1. The van der Waals surface area contributed by atoms with E-state index in [2.05, 4.69) is 16.7 Å². The summed E-state index contributed by atoms with van der Waals surface area (Å²) >= 11 is 1.54. The molecule has 0 heterocycles. The van der Waals surface area contributed by atoms with Gasteiger partial charge in [-0.3, -0.25) is 4.79 Å². The number of aryl methyl sites for hydroxylation is 1. The van der Waals surface area contributed by atoms with Crippen LogP contribution in [-0.4, -0.2) is 36.5 Å². The molecule has 0 saturated heterocycles. The smallest absolute Gasteiger partial charge is 0.548 e. The molecule has 3 rings (SSSR count). The zero-order chi connectivity index (χ0) is 24.3. The van der Waals surface area contributed by atoms with Crippen LogP contribution >= 0.6 is 11.8 Å². The minimum absolute atomic E-state index is 0. The quantitative estimate of drug-likeness (QED) is 0.348. The Hall–Kier alpha value is -1.71. The Bertz CT molecular complexity index is 963. The van der Waals surface area contributed by atoms with Crippen molar-refractivity contribution < 1.29 is 33.6 Å². The van der Waals surface area contributed by atoms with E-state index in [4.69, 9.17) is 0 Å². The van der Waals surface area contributed by atoms with Gasteiger partial charge in [0.2, 0.25) is 0 Å². The summed E-state index contributed by atoms with van der Waals surface area (Å²) in [5.74, 6) is -0.156. The second-order valence-corrected chi connectivity index (χ2v) is 10.3. The molecule has 0 aliphatic heterocycles. The van der Waals surface area contributed by atoms with Gasteiger partial charge in [-0.2, -0.15) is 11.8 Å². The van der Waals surface area contributed by atoms with Gasteiger partial charge in [-0.25, -0.2) is 0 Å². The van der Waals surface area contributed by atoms with Crippen LogP contribution in [-0.2, 0) is 11.3 Å². The zero-order valence-corrected chi connectivity index (χ0v) is 22.2. The molecule has 1 amide bonds. The zero-order valence-electron chi connectivity index (χ0n) is 21.4. The molecule has 0 radical (unpaired) electrons. The summed E-state index contributed by atoms with van der Waals surface area (Å²) in [7, 11) is 0. The van der Waals surface area contributed by atoms with Crippen molar-refractivity contribution in [2.45, 2.75) is 64.5 Å². The van der Waals surface area contributed by atoms with Crippen LogP contribution in [0.1, 0.15) is 66.4 Å². The fourth-order valence-corrected chi connectivity index (χ4v) is 5.20. The van der Waals surface area contributed by atoms with Crippen molar-refractivity contribution in [2.75, 3.05) is 18.6 Å². The molecule has 5 nitrogen and oxygen atoms in total. The number of carbonyl (C=O) groups is 2. The average Bonchev–Trinajstić information content (AvgIpc) is 2.85. The number of nitrogens with one attached hydrogen (secondary N) is 2. The number of carboxylic acid groups (broad SMARTS) is 1. The molecule has 1 saturated carbocycles. The molecule has 2 aromatic carbocycles. The maximum Gasteiger partial charge on any atom is 1.00 e. The first kappa shape index (κ1) is 29.5. The van der Waals surface area contributed by atoms with Crippen LogP contribution in [0.3, 0.4) is 0 Å². The Morgan fingerprint density at radius 2 is 1.83 bits per heavy atom. The molecule has 1 aliphatic carbocycles. The Morgan fingerprint density at radius 1 is 1.09 bits per heavy atom. The Kier molecular flexibility index (Phi) is 13.0. The Labute approximate surface area is 226 Å². The number of carbonyl (C=O) groups excluding carboxylic acids is 2. The van der Waals surface area contributed by atoms with E-state index in [1.165, 1.54) is 38.5 Å². The topological polar surface area (TPSA) is 81.3 Å². The second kappa shape index (κ2) is 15.4. The number of hydrogen-bond acceptors (Lipinski definition) is 5. The maximum atomic E-state index is 13.2. The summed E-state index contributed by atoms with van der Waals surface area (Å²) in [5, 5.41) is 17.8. The molecule has 0 spiro atoms. The second-order valence-electron chi connectivity index (χ2n) is 9.29. The SMILES string of the molecule is CSCC[C@H](NC(=O)c1ccc(CNCCC2CCCCC2)cc1-c1ccccc1C)C(=O)[O-].[Li+]. The van der Waals surface area contributed by atoms with Crippen molar-refractivity contribution in [1.29, 1.82) is 0 Å². The van der Waals surface area contributed by atoms with Gasteiger partial charge in [0, 0.05) is 12.1 Å². The van der Waals surface area contributed by atoms with Gasteiger partial charge in [0.05, 0.1) is 12.0 Å². The predicted octanol–water partition coefficient (Wildman–Crippen LogP) is 1.33. The van der Waals surface area contributed by atoms with E-state index in [1.54, 1.807) is 11.8 Å². The van der Waals surface area contributed by atoms with Crippen LogP contribution in [0.2, 0.25) is 0 Å². The largest absolute Gasteiger partial charge is 1.00 e. The van der Waals surface area contributed by atoms with Gasteiger partial charge in [-0.15, -0.1) is 0 Å². The van der Waals surface area contributed by atoms with Crippen LogP contribution in [0.5, 0.6) is 0 Å². The number of rotatable bonds is 12. The molecule has 0 aromatic heterocycles. The molecule has 0 bridgehead atoms. The molecular weight excluding hydrogens is 451 g/mol. The van der Waals surface area contributed by atoms with E-state index in [-0.39, 0.29) is 24.8 Å². The van der Waals surface area contributed by atoms with Crippen LogP contribution in [0.25, 0.3) is 11.1 Å². The van der Waals surface area contributed by atoms with Crippen LogP contribution in [0, 0.1) is 12.8 Å². The number of aliphatic carboxylic acids is 1. The van der Waals surface area contributed by atoms with Crippen molar-refractivity contribution >= 4 is 23.6 Å². The van der Waals surface area contributed by atoms with E-state index in [0.29, 0.717) is 17.7 Å². The van der Waals surface area contributed by atoms with Crippen LogP contribution in [0.4, 0.5) is 0 Å². The van der Waals surface area contributed by atoms with Gasteiger partial charge < -0.3 is 20.5 Å². The minimum atomic E-state index is -1.25. The third kappa shape index (κ3) is 9.02. The molecule has 1 fully saturated rings. The molecule has 2 aromatic rings. The van der Waals surface area contributed by atoms with E-state index in [1.807, 2.05) is 49.6 Å². The van der Waals surface area contributed by atoms with Crippen molar-refractivity contribution in [3.8, 4) is 11.1 Å². The van der Waals surface area contributed by atoms with E-state index >= 15 is 0 Å². The summed E-state index contributed by atoms with van der Waals surface area (Å²) in [6.45, 7) is 3.76. The van der Waals surface area contributed by atoms with E-state index in [9.17, 15) is 14.7 Å². The molecule has 1 aliphatic rings. The maximum absolute atomic E-state index is 13.2. The van der Waals surface area contributed by atoms with Crippen molar-refractivity contribution in [3.63, 3.8) is 0 Å². The fourth-order valence-electron chi connectivity index (χ4n) is 4.73. The average molecular weight is 489 g/mol. The summed E-state index contributed by atoms with van der Waals surface area (Å²) in [4.78, 5) is 24.7. The normalized spacial score (nSPS) is 14.7. The molecule has 35 heavy (non-hydrogen) atoms. The van der Waals surface area contributed by atoms with Gasteiger partial charge in [-0.1, -0.05) is 62.4 Å². The number of amides is 1. The van der Waals surface area contributed by atoms with Crippen molar-refractivity contribution in [1.82, 2.24) is 10.6 Å². The Morgan fingerprint density at radius 3 is 2.51 bits per heavy atom. The third-order valence-corrected chi connectivity index (χ3v) is 7.39. The summed E-state index contributed by atoms with van der Waals surface area (Å²) in [6, 6.07) is 12.8. The molecule has 7 heteroatoms. The van der Waals surface area contributed by atoms with Crippen LogP contribution < -0.4 is 34.6 Å². The Balaban J connectivity index is 0.00000432. The number of hydrogen-bond donors (Lipinski definition) is 2. The minimum Gasteiger partial charge on any atom is -0.548 e. The molecule has 2 N–H and O–H groups in total. The monoisotopic (exact) mass is 488 g/mol. The number of thioether (sulfide) groups is 1. The molecule has 0 unspecified atom stereocenters. The van der Waals surface area contributed by atoms with Gasteiger partial charge in [0.1, 0.15) is 0 Å². The first-order valence-electron chi connectivity index (χ1n) is 12.4. The summed E-state index contributed by atoms with van der Waals surface area (Å²) < 4.78 is 0. The number of benzene rings is 2. The summed E-state index contributed by atoms with van der Waals surface area (Å²) in [5.41, 5.74) is 4.46. The van der Waals surface area contributed by atoms with E-state index in [0.717, 1.165) is 41.3 Å². The van der Waals surface area contributed by atoms with Gasteiger partial charge >= 0.3 is 18.9 Å². The van der Waals surface area contributed by atoms with E-state index < -0.39 is 12.0 Å². The fraction of sp³-hybridized carbons (Fsp3) is 0.500. The van der Waals surface area contributed by atoms with Crippen molar-refractivity contribution in [2.24, 2.45) is 5.92 Å². The first-order chi connectivity index (χ1) is 16.5. The van der Waals surface area contributed by atoms with Crippen LogP contribution in [0.15, 0.2) is 42.5 Å². The first-order valence-corrected chi connectivity index (χ1v) is 13.8. The molecule has 1 atom stereocenters. The standard InChI is InChI=1S/C28H38N2O3S.Li/c1-20-8-6-7-11-23(20)25-18-22(19-29-16-14-21-9-4-3-5-10-21)12-13-24(25)27(31)30-26(28(32)33)15-17-34-2;/h6-8,11-13,18,21,26,29H,3-5,9-10,14-17,19H2,1-2H3,(H,30,31)(H,32,33);/q;+1/p-1/t26-;/m0./s1. The molecule has 184 valence electrons. The molecular formula is C28H37LiN2O3S. The predicted molar refractivity (Wildman–Crippen MR) is 139 cm³/mol.